The van der Waals surface area contributed by atoms with Gasteiger partial charge in [-0.3, -0.25) is 9.59 Å². The van der Waals surface area contributed by atoms with E-state index in [1.807, 2.05) is 0 Å². The topological polar surface area (TPSA) is 86.2 Å². The Balaban J connectivity index is -0.00000312. The first-order valence-electron chi connectivity index (χ1n) is 11.1. The summed E-state index contributed by atoms with van der Waals surface area (Å²) in [5.41, 5.74) is 10.4. The van der Waals surface area contributed by atoms with Crippen molar-refractivity contribution in [3.63, 3.8) is 0 Å². The van der Waals surface area contributed by atoms with Crippen molar-refractivity contribution in [2.45, 2.75) is 122 Å². The summed E-state index contributed by atoms with van der Waals surface area (Å²) in [4.78, 5) is 24.9. The van der Waals surface area contributed by atoms with Crippen molar-refractivity contribution in [2.24, 2.45) is 11.5 Å². The zero-order valence-corrected chi connectivity index (χ0v) is 20.5. The van der Waals surface area contributed by atoms with Crippen LogP contribution in [0.15, 0.2) is 0 Å². The van der Waals surface area contributed by atoms with E-state index in [-0.39, 0.29) is 49.1 Å². The average molecular weight is 393 g/mol. The van der Waals surface area contributed by atoms with Crippen molar-refractivity contribution in [3.05, 3.63) is 0 Å². The van der Waals surface area contributed by atoms with E-state index in [1.54, 1.807) is 0 Å². The second-order valence-electron chi connectivity index (χ2n) is 7.76. The molecule has 0 fully saturated rings. The van der Waals surface area contributed by atoms with Crippen molar-refractivity contribution in [2.75, 3.05) is 6.54 Å². The van der Waals surface area contributed by atoms with Gasteiger partial charge in [-0.2, -0.15) is 0 Å². The Morgan fingerprint density at radius 1 is 0.667 bits per heavy atom. The number of hydrogen-bond acceptors (Lipinski definition) is 4. The molecule has 0 atom stereocenters. The molecule has 0 unspecified atom stereocenters. The van der Waals surface area contributed by atoms with Gasteiger partial charge in [-0.15, -0.1) is 0 Å². The molecule has 5 heteroatoms. The number of unbranched alkanes of at least 4 members (excludes halogenated alkanes) is 12. The summed E-state index contributed by atoms with van der Waals surface area (Å²) in [5, 5.41) is 0. The van der Waals surface area contributed by atoms with Crippen LogP contribution in [0.25, 0.3) is 0 Å². The Kier molecular flexibility index (Phi) is 21.4. The molecule has 0 heterocycles. The van der Waals surface area contributed by atoms with Gasteiger partial charge in [-0.25, -0.2) is 0 Å². The summed E-state index contributed by atoms with van der Waals surface area (Å²) in [6, 6.07) is 0. The zero-order chi connectivity index (χ0) is 19.7. The first-order valence-corrected chi connectivity index (χ1v) is 11.1. The summed E-state index contributed by atoms with van der Waals surface area (Å²) in [5.74, 6) is -0.331. The summed E-state index contributed by atoms with van der Waals surface area (Å²) in [7, 11) is 0. The molecule has 0 spiro atoms. The fourth-order valence-corrected chi connectivity index (χ4v) is 3.31. The number of rotatable bonds is 19. The van der Waals surface area contributed by atoms with E-state index in [9.17, 15) is 9.59 Å². The first-order chi connectivity index (χ1) is 12.5. The summed E-state index contributed by atoms with van der Waals surface area (Å²) in [6.45, 7) is 4.34. The molecule has 0 rings (SSSR count). The molecular weight excluding hydrogens is 347 g/mol. The second-order valence-corrected chi connectivity index (χ2v) is 7.76. The van der Waals surface area contributed by atoms with Gasteiger partial charge in [0, 0.05) is 19.4 Å². The van der Waals surface area contributed by atoms with Gasteiger partial charge >= 0.3 is 29.6 Å². The Hall–Kier alpha value is 0.260. The van der Waals surface area contributed by atoms with Crippen LogP contribution < -0.4 is 41.0 Å². The van der Waals surface area contributed by atoms with Crippen LogP contribution in [-0.4, -0.2) is 23.7 Å². The van der Waals surface area contributed by atoms with E-state index in [4.69, 9.17) is 11.5 Å². The maximum atomic E-state index is 12.5. The minimum absolute atomic E-state index is 0. The SMILES string of the molecule is CCCCCCCCCC(=O)C(N)(CN)C(=O)CCCCCCCCC.[H-].[Na+]. The Morgan fingerprint density at radius 3 is 1.26 bits per heavy atom. The quantitative estimate of drug-likeness (QED) is 0.200. The van der Waals surface area contributed by atoms with Crippen LogP contribution in [0.2, 0.25) is 0 Å². The van der Waals surface area contributed by atoms with Crippen LogP contribution in [0.4, 0.5) is 0 Å². The van der Waals surface area contributed by atoms with Gasteiger partial charge in [-0.05, 0) is 12.8 Å². The van der Waals surface area contributed by atoms with Gasteiger partial charge in [0.25, 0.3) is 0 Å². The van der Waals surface area contributed by atoms with E-state index in [0.717, 1.165) is 38.5 Å². The number of Topliss-reactive ketones (excluding diaryl/α,β-unsaturated/α-hetero) is 2. The molecule has 27 heavy (non-hydrogen) atoms. The van der Waals surface area contributed by atoms with Gasteiger partial charge in [0.15, 0.2) is 11.6 Å². The Labute approximate surface area is 191 Å². The number of carbonyl (C=O) groups excluding carboxylic acids is 2. The summed E-state index contributed by atoms with van der Waals surface area (Å²) >= 11 is 0. The fraction of sp³-hybridized carbons (Fsp3) is 0.909. The van der Waals surface area contributed by atoms with E-state index in [0.29, 0.717) is 12.8 Å². The van der Waals surface area contributed by atoms with Crippen molar-refractivity contribution in [3.8, 4) is 0 Å². The van der Waals surface area contributed by atoms with E-state index < -0.39 is 5.54 Å². The van der Waals surface area contributed by atoms with Gasteiger partial charge in [-0.1, -0.05) is 90.9 Å². The van der Waals surface area contributed by atoms with Crippen molar-refractivity contribution >= 4 is 11.6 Å². The molecule has 4 nitrogen and oxygen atoms in total. The standard InChI is InChI=1S/C22H44N2O2.Na.H/c1-3-5-7-9-11-13-15-17-20(25)22(24,19-23)21(26)18-16-14-12-10-8-6-4-2;;/h3-19,23-24H2,1-2H3;;/q;+1;-1. The molecular formula is C22H45N2NaO2. The first kappa shape index (κ1) is 29.5. The molecule has 0 radical (unpaired) electrons. The minimum Gasteiger partial charge on any atom is -1.00 e. The van der Waals surface area contributed by atoms with E-state index in [1.165, 1.54) is 51.4 Å². The second kappa shape index (κ2) is 19.6. The van der Waals surface area contributed by atoms with Crippen molar-refractivity contribution in [1.82, 2.24) is 0 Å². The zero-order valence-electron chi connectivity index (χ0n) is 19.5. The molecule has 156 valence electrons. The molecule has 0 amide bonds. The third-order valence-electron chi connectivity index (χ3n) is 5.33. The molecule has 0 aromatic rings. The van der Waals surface area contributed by atoms with E-state index in [2.05, 4.69) is 13.8 Å². The maximum Gasteiger partial charge on any atom is 1.00 e. The molecule has 0 aliphatic carbocycles. The molecule has 0 aliphatic rings. The van der Waals surface area contributed by atoms with E-state index >= 15 is 0 Å². The summed E-state index contributed by atoms with van der Waals surface area (Å²) < 4.78 is 0. The smallest absolute Gasteiger partial charge is 1.00 e. The monoisotopic (exact) mass is 392 g/mol. The number of carbonyl (C=O) groups is 2. The predicted octanol–water partition coefficient (Wildman–Crippen LogP) is 2.18. The normalized spacial score (nSPS) is 11.3. The molecule has 0 saturated carbocycles. The van der Waals surface area contributed by atoms with Gasteiger partial charge in [0.2, 0.25) is 0 Å². The van der Waals surface area contributed by atoms with Gasteiger partial charge < -0.3 is 12.9 Å². The van der Waals surface area contributed by atoms with Gasteiger partial charge in [0.1, 0.15) is 5.54 Å². The fourth-order valence-electron chi connectivity index (χ4n) is 3.31. The van der Waals surface area contributed by atoms with Crippen LogP contribution in [0.1, 0.15) is 118 Å². The number of hydrogen-bond donors (Lipinski definition) is 2. The van der Waals surface area contributed by atoms with Crippen molar-refractivity contribution < 1.29 is 40.6 Å². The molecule has 0 aromatic heterocycles. The van der Waals surface area contributed by atoms with Crippen LogP contribution in [-0.2, 0) is 9.59 Å². The van der Waals surface area contributed by atoms with Crippen LogP contribution in [0.5, 0.6) is 0 Å². The van der Waals surface area contributed by atoms with Crippen molar-refractivity contribution in [1.29, 1.82) is 0 Å². The number of ketones is 2. The maximum absolute atomic E-state index is 12.5. The van der Waals surface area contributed by atoms with Gasteiger partial charge in [0.05, 0.1) is 0 Å². The third-order valence-corrected chi connectivity index (χ3v) is 5.33. The van der Waals surface area contributed by atoms with Crippen LogP contribution in [0.3, 0.4) is 0 Å². The third kappa shape index (κ3) is 14.0. The molecule has 0 saturated heterocycles. The minimum atomic E-state index is -1.45. The van der Waals surface area contributed by atoms with Crippen LogP contribution >= 0.6 is 0 Å². The Morgan fingerprint density at radius 2 is 0.963 bits per heavy atom. The molecule has 0 bridgehead atoms. The predicted molar refractivity (Wildman–Crippen MR) is 112 cm³/mol. The molecule has 4 N–H and O–H groups in total. The molecule has 0 aromatic carbocycles. The van der Waals surface area contributed by atoms with Crippen LogP contribution in [0, 0.1) is 0 Å². The number of nitrogens with two attached hydrogens (primary N) is 2. The Bertz CT molecular complexity index is 352. The molecule has 0 aliphatic heterocycles. The average Bonchev–Trinajstić information content (AvgIpc) is 2.65. The largest absolute Gasteiger partial charge is 1.00 e. The summed E-state index contributed by atoms with van der Waals surface area (Å²) in [6.07, 6.45) is 16.8.